The molecule has 1 aliphatic heterocycles. The van der Waals surface area contributed by atoms with Crippen molar-refractivity contribution in [2.75, 3.05) is 6.61 Å². The van der Waals surface area contributed by atoms with E-state index in [1.165, 1.54) is 6.42 Å². The Morgan fingerprint density at radius 1 is 1.09 bits per heavy atom. The normalized spacial score (nSPS) is 18.5. The van der Waals surface area contributed by atoms with Crippen LogP contribution in [0.4, 0.5) is 0 Å². The maximum Gasteiger partial charge on any atom is 0.199 e. The summed E-state index contributed by atoms with van der Waals surface area (Å²) >= 11 is 0. The van der Waals surface area contributed by atoms with Crippen molar-refractivity contribution in [2.45, 2.75) is 25.6 Å². The predicted octanol–water partition coefficient (Wildman–Crippen LogP) is 3.91. The third-order valence-electron chi connectivity index (χ3n) is 3.92. The Balaban J connectivity index is 1.53. The molecule has 2 aromatic heterocycles. The summed E-state index contributed by atoms with van der Waals surface area (Å²) in [4.78, 5) is 4.63. The Hall–Kier alpha value is -2.33. The summed E-state index contributed by atoms with van der Waals surface area (Å²) in [6.07, 6.45) is 7.21. The number of rotatable bonds is 3. The van der Waals surface area contributed by atoms with Gasteiger partial charge >= 0.3 is 0 Å². The van der Waals surface area contributed by atoms with E-state index in [0.717, 1.165) is 42.1 Å². The molecule has 0 amide bonds. The average Bonchev–Trinajstić information content (AvgIpc) is 3.00. The summed E-state index contributed by atoms with van der Waals surface area (Å²) in [6, 6.07) is 14.0. The second kappa shape index (κ2) is 5.81. The van der Waals surface area contributed by atoms with E-state index in [1.807, 2.05) is 59.3 Å². The van der Waals surface area contributed by atoms with Gasteiger partial charge in [-0.05, 0) is 49.2 Å². The number of nitrogens with zero attached hydrogens (tertiary/aromatic N) is 2. The van der Waals surface area contributed by atoms with Gasteiger partial charge in [0, 0.05) is 24.4 Å². The highest BCUT2D eigenvalue weighted by Gasteiger charge is 2.15. The van der Waals surface area contributed by atoms with Gasteiger partial charge in [0.05, 0.1) is 12.3 Å². The van der Waals surface area contributed by atoms with E-state index in [1.54, 1.807) is 0 Å². The minimum Gasteiger partial charge on any atom is -0.465 e. The van der Waals surface area contributed by atoms with Gasteiger partial charge in [0.15, 0.2) is 6.29 Å². The van der Waals surface area contributed by atoms with Crippen LogP contribution in [0.1, 0.15) is 19.3 Å². The third-order valence-corrected chi connectivity index (χ3v) is 3.92. The summed E-state index contributed by atoms with van der Waals surface area (Å²) in [5.41, 5.74) is 3.00. The first kappa shape index (κ1) is 13.3. The largest absolute Gasteiger partial charge is 0.465 e. The summed E-state index contributed by atoms with van der Waals surface area (Å²) < 4.78 is 13.5. The number of imidazole rings is 1. The average molecular weight is 294 g/mol. The van der Waals surface area contributed by atoms with Gasteiger partial charge < -0.3 is 13.9 Å². The Kier molecular flexibility index (Phi) is 3.52. The van der Waals surface area contributed by atoms with Crippen molar-refractivity contribution in [3.63, 3.8) is 0 Å². The number of fused-ring (bicyclic) bond motifs is 1. The lowest BCUT2D eigenvalue weighted by Gasteiger charge is -2.23. The van der Waals surface area contributed by atoms with Crippen LogP contribution in [0.2, 0.25) is 0 Å². The first-order valence-corrected chi connectivity index (χ1v) is 7.71. The van der Waals surface area contributed by atoms with E-state index in [4.69, 9.17) is 9.47 Å². The molecule has 0 radical (unpaired) electrons. The maximum absolute atomic E-state index is 5.86. The predicted molar refractivity (Wildman–Crippen MR) is 84.8 cm³/mol. The maximum atomic E-state index is 5.86. The van der Waals surface area contributed by atoms with Gasteiger partial charge in [-0.1, -0.05) is 6.07 Å². The molecular formula is C18H18N2O2. The number of aromatic nitrogens is 2. The molecule has 22 heavy (non-hydrogen) atoms. The molecule has 112 valence electrons. The third kappa shape index (κ3) is 2.70. The highest BCUT2D eigenvalue weighted by Crippen LogP contribution is 2.24. The van der Waals surface area contributed by atoms with Crippen LogP contribution in [-0.4, -0.2) is 22.3 Å². The van der Waals surface area contributed by atoms with Crippen LogP contribution >= 0.6 is 0 Å². The van der Waals surface area contributed by atoms with Crippen molar-refractivity contribution < 1.29 is 9.47 Å². The molecule has 3 aromatic rings. The van der Waals surface area contributed by atoms with Crippen LogP contribution in [0, 0.1) is 0 Å². The molecule has 1 atom stereocenters. The molecule has 1 aliphatic rings. The molecule has 4 heteroatoms. The molecule has 3 heterocycles. The van der Waals surface area contributed by atoms with Crippen molar-refractivity contribution in [3.05, 3.63) is 54.9 Å². The second-order valence-corrected chi connectivity index (χ2v) is 5.53. The van der Waals surface area contributed by atoms with Gasteiger partial charge in [0.2, 0.25) is 0 Å². The van der Waals surface area contributed by atoms with Crippen molar-refractivity contribution in [1.82, 2.24) is 9.38 Å². The fraction of sp³-hybridized carbons (Fsp3) is 0.278. The number of ether oxygens (including phenoxy) is 2. The number of pyridine rings is 1. The van der Waals surface area contributed by atoms with E-state index in [2.05, 4.69) is 4.98 Å². The van der Waals surface area contributed by atoms with Crippen LogP contribution < -0.4 is 4.74 Å². The second-order valence-electron chi connectivity index (χ2n) is 5.53. The zero-order valence-corrected chi connectivity index (χ0v) is 12.3. The minimum atomic E-state index is -0.102. The lowest BCUT2D eigenvalue weighted by molar-refractivity contribution is -0.105. The summed E-state index contributed by atoms with van der Waals surface area (Å²) in [6.45, 7) is 0.796. The van der Waals surface area contributed by atoms with E-state index >= 15 is 0 Å². The SMILES string of the molecule is c1ccn2cc(-c3ccc(OC4CCCCO4)cc3)nc2c1. The summed E-state index contributed by atoms with van der Waals surface area (Å²) in [5.74, 6) is 0.847. The molecule has 1 fully saturated rings. The Morgan fingerprint density at radius 3 is 2.77 bits per heavy atom. The number of hydrogen-bond donors (Lipinski definition) is 0. The molecule has 4 nitrogen and oxygen atoms in total. The van der Waals surface area contributed by atoms with Crippen LogP contribution in [0.3, 0.4) is 0 Å². The lowest BCUT2D eigenvalue weighted by atomic mass is 10.1. The van der Waals surface area contributed by atoms with Crippen LogP contribution in [0.25, 0.3) is 16.9 Å². The Labute approximate surface area is 129 Å². The quantitative estimate of drug-likeness (QED) is 0.735. The topological polar surface area (TPSA) is 35.8 Å². The van der Waals surface area contributed by atoms with E-state index in [0.29, 0.717) is 0 Å². The smallest absolute Gasteiger partial charge is 0.199 e. The van der Waals surface area contributed by atoms with Crippen LogP contribution in [0.15, 0.2) is 54.9 Å². The molecular weight excluding hydrogens is 276 g/mol. The number of hydrogen-bond acceptors (Lipinski definition) is 3. The Bertz CT molecular complexity index is 725. The molecule has 4 rings (SSSR count). The highest BCUT2D eigenvalue weighted by molar-refractivity contribution is 5.63. The molecule has 1 unspecified atom stereocenters. The molecule has 1 saturated heterocycles. The molecule has 0 aliphatic carbocycles. The minimum absolute atomic E-state index is 0.102. The summed E-state index contributed by atoms with van der Waals surface area (Å²) in [5, 5.41) is 0. The monoisotopic (exact) mass is 294 g/mol. The van der Waals surface area contributed by atoms with E-state index in [-0.39, 0.29) is 6.29 Å². The van der Waals surface area contributed by atoms with Gasteiger partial charge in [-0.25, -0.2) is 4.98 Å². The standard InChI is InChI=1S/C18H18N2O2/c1-3-11-20-13-16(19-17(20)5-1)14-7-9-15(10-8-14)22-18-6-2-4-12-21-18/h1,3,5,7-11,13,18H,2,4,6,12H2. The van der Waals surface area contributed by atoms with Gasteiger partial charge in [-0.3, -0.25) is 0 Å². The first-order valence-electron chi connectivity index (χ1n) is 7.71. The fourth-order valence-corrected chi connectivity index (χ4v) is 2.73. The molecule has 1 aromatic carbocycles. The van der Waals surface area contributed by atoms with Gasteiger partial charge in [0.25, 0.3) is 0 Å². The van der Waals surface area contributed by atoms with E-state index in [9.17, 15) is 0 Å². The van der Waals surface area contributed by atoms with Gasteiger partial charge in [0.1, 0.15) is 11.4 Å². The molecule has 0 saturated carbocycles. The van der Waals surface area contributed by atoms with E-state index < -0.39 is 0 Å². The van der Waals surface area contributed by atoms with Crippen LogP contribution in [-0.2, 0) is 4.74 Å². The van der Waals surface area contributed by atoms with Gasteiger partial charge in [-0.2, -0.15) is 0 Å². The van der Waals surface area contributed by atoms with Crippen LogP contribution in [0.5, 0.6) is 5.75 Å². The molecule has 0 spiro atoms. The summed E-state index contributed by atoms with van der Waals surface area (Å²) in [7, 11) is 0. The van der Waals surface area contributed by atoms with Crippen molar-refractivity contribution in [2.24, 2.45) is 0 Å². The molecule has 0 bridgehead atoms. The zero-order valence-electron chi connectivity index (χ0n) is 12.3. The van der Waals surface area contributed by atoms with Crippen molar-refractivity contribution in [3.8, 4) is 17.0 Å². The number of benzene rings is 1. The lowest BCUT2D eigenvalue weighted by Crippen LogP contribution is -2.24. The fourth-order valence-electron chi connectivity index (χ4n) is 2.73. The molecule has 0 N–H and O–H groups in total. The van der Waals surface area contributed by atoms with Crippen molar-refractivity contribution >= 4 is 5.65 Å². The first-order chi connectivity index (χ1) is 10.9. The Morgan fingerprint density at radius 2 is 2.00 bits per heavy atom. The zero-order chi connectivity index (χ0) is 14.8. The van der Waals surface area contributed by atoms with Crippen molar-refractivity contribution in [1.29, 1.82) is 0 Å². The van der Waals surface area contributed by atoms with Gasteiger partial charge in [-0.15, -0.1) is 0 Å². The highest BCUT2D eigenvalue weighted by atomic mass is 16.7.